The van der Waals surface area contributed by atoms with Gasteiger partial charge in [-0.1, -0.05) is 12.8 Å². The summed E-state index contributed by atoms with van der Waals surface area (Å²) >= 11 is 0. The Kier molecular flexibility index (Phi) is 4.17. The van der Waals surface area contributed by atoms with E-state index in [2.05, 4.69) is 5.32 Å². The van der Waals surface area contributed by atoms with Crippen molar-refractivity contribution in [3.63, 3.8) is 0 Å². The van der Waals surface area contributed by atoms with E-state index in [0.29, 0.717) is 18.1 Å². The highest BCUT2D eigenvalue weighted by atomic mass is 16.6. The molecule has 2 aliphatic heterocycles. The van der Waals surface area contributed by atoms with Gasteiger partial charge in [-0.05, 0) is 59.3 Å². The summed E-state index contributed by atoms with van der Waals surface area (Å²) in [7, 11) is 0. The fourth-order valence-corrected chi connectivity index (χ4v) is 4.35. The molecule has 3 fully saturated rings. The van der Waals surface area contributed by atoms with Gasteiger partial charge in [-0.25, -0.2) is 4.79 Å². The van der Waals surface area contributed by atoms with E-state index in [9.17, 15) is 4.79 Å². The van der Waals surface area contributed by atoms with Crippen molar-refractivity contribution in [2.24, 2.45) is 0 Å². The van der Waals surface area contributed by atoms with Gasteiger partial charge in [0.2, 0.25) is 0 Å². The Balaban J connectivity index is 1.57. The lowest BCUT2D eigenvalue weighted by Gasteiger charge is -2.40. The SMILES string of the molecule is CC(C)(C)OC(=O)N1[C@H]2CC[C@H]1CC(NC1CCCC1)C2. The van der Waals surface area contributed by atoms with E-state index in [1.807, 2.05) is 25.7 Å². The van der Waals surface area contributed by atoms with Crippen LogP contribution in [0.4, 0.5) is 4.79 Å². The second-order valence-electron chi connectivity index (χ2n) is 8.09. The van der Waals surface area contributed by atoms with Crippen molar-refractivity contribution in [3.8, 4) is 0 Å². The van der Waals surface area contributed by atoms with Gasteiger partial charge in [-0.15, -0.1) is 0 Å². The van der Waals surface area contributed by atoms with E-state index in [0.717, 1.165) is 31.7 Å². The first-order chi connectivity index (χ1) is 9.92. The fourth-order valence-electron chi connectivity index (χ4n) is 4.35. The predicted molar refractivity (Wildman–Crippen MR) is 83.3 cm³/mol. The van der Waals surface area contributed by atoms with Crippen molar-refractivity contribution in [2.75, 3.05) is 0 Å². The third kappa shape index (κ3) is 3.53. The van der Waals surface area contributed by atoms with E-state index < -0.39 is 5.60 Å². The number of rotatable bonds is 2. The number of ether oxygens (including phenoxy) is 1. The van der Waals surface area contributed by atoms with Gasteiger partial charge in [0.1, 0.15) is 5.60 Å². The van der Waals surface area contributed by atoms with Crippen LogP contribution in [0.3, 0.4) is 0 Å². The molecule has 3 aliphatic rings. The molecule has 1 saturated carbocycles. The number of carbonyl (C=O) groups is 1. The minimum Gasteiger partial charge on any atom is -0.444 e. The number of carbonyl (C=O) groups excluding carboxylic acids is 1. The van der Waals surface area contributed by atoms with Gasteiger partial charge in [0.25, 0.3) is 0 Å². The van der Waals surface area contributed by atoms with Crippen molar-refractivity contribution in [1.82, 2.24) is 10.2 Å². The molecule has 120 valence electrons. The predicted octanol–water partition coefficient (Wildman–Crippen LogP) is 3.45. The van der Waals surface area contributed by atoms with Crippen LogP contribution in [-0.4, -0.2) is 40.8 Å². The van der Waals surface area contributed by atoms with E-state index in [1.165, 1.54) is 25.7 Å². The average molecular weight is 294 g/mol. The van der Waals surface area contributed by atoms with Crippen LogP contribution < -0.4 is 5.32 Å². The number of hydrogen-bond acceptors (Lipinski definition) is 3. The van der Waals surface area contributed by atoms with E-state index >= 15 is 0 Å². The third-order valence-corrected chi connectivity index (χ3v) is 5.16. The molecule has 1 amide bonds. The van der Waals surface area contributed by atoms with Crippen LogP contribution in [0.2, 0.25) is 0 Å². The smallest absolute Gasteiger partial charge is 0.410 e. The number of nitrogens with one attached hydrogen (secondary N) is 1. The topological polar surface area (TPSA) is 41.6 Å². The van der Waals surface area contributed by atoms with Crippen LogP contribution in [0.5, 0.6) is 0 Å². The Morgan fingerprint density at radius 3 is 2.10 bits per heavy atom. The lowest BCUT2D eigenvalue weighted by atomic mass is 9.96. The highest BCUT2D eigenvalue weighted by Gasteiger charge is 2.45. The van der Waals surface area contributed by atoms with Gasteiger partial charge in [0.15, 0.2) is 0 Å². The minimum absolute atomic E-state index is 0.102. The van der Waals surface area contributed by atoms with Gasteiger partial charge < -0.3 is 15.0 Å². The maximum Gasteiger partial charge on any atom is 0.410 e. The van der Waals surface area contributed by atoms with Crippen LogP contribution in [0.1, 0.15) is 72.1 Å². The van der Waals surface area contributed by atoms with E-state index in [-0.39, 0.29) is 6.09 Å². The summed E-state index contributed by atoms with van der Waals surface area (Å²) < 4.78 is 5.59. The molecule has 4 heteroatoms. The quantitative estimate of drug-likeness (QED) is 0.848. The van der Waals surface area contributed by atoms with E-state index in [4.69, 9.17) is 4.74 Å². The van der Waals surface area contributed by atoms with Crippen molar-refractivity contribution < 1.29 is 9.53 Å². The standard InChI is InChI=1S/C17H30N2O2/c1-17(2,3)21-16(20)19-14-8-9-15(19)11-13(10-14)18-12-6-4-5-7-12/h12-15,18H,4-11H2,1-3H3/t14-,15-/m0/s1. The first-order valence-electron chi connectivity index (χ1n) is 8.70. The summed E-state index contributed by atoms with van der Waals surface area (Å²) in [6, 6.07) is 2.10. The molecule has 0 aromatic rings. The summed E-state index contributed by atoms with van der Waals surface area (Å²) in [6.45, 7) is 5.84. The third-order valence-electron chi connectivity index (χ3n) is 5.16. The maximum atomic E-state index is 12.4. The number of fused-ring (bicyclic) bond motifs is 2. The summed E-state index contributed by atoms with van der Waals surface area (Å²) in [5.74, 6) is 0. The molecule has 0 spiro atoms. The minimum atomic E-state index is -0.393. The largest absolute Gasteiger partial charge is 0.444 e. The van der Waals surface area contributed by atoms with Crippen LogP contribution in [0, 0.1) is 0 Å². The van der Waals surface area contributed by atoms with Crippen LogP contribution in [0.25, 0.3) is 0 Å². The van der Waals surface area contributed by atoms with E-state index in [1.54, 1.807) is 0 Å². The molecule has 1 N–H and O–H groups in total. The van der Waals surface area contributed by atoms with Gasteiger partial charge in [0.05, 0.1) is 0 Å². The first-order valence-corrected chi connectivity index (χ1v) is 8.70. The van der Waals surface area contributed by atoms with Gasteiger partial charge in [-0.2, -0.15) is 0 Å². The molecule has 2 saturated heterocycles. The Morgan fingerprint density at radius 2 is 1.57 bits per heavy atom. The van der Waals surface area contributed by atoms with Gasteiger partial charge >= 0.3 is 6.09 Å². The second kappa shape index (κ2) is 5.79. The van der Waals surface area contributed by atoms with Gasteiger partial charge in [-0.3, -0.25) is 0 Å². The lowest BCUT2D eigenvalue weighted by Crippen LogP contribution is -2.53. The lowest BCUT2D eigenvalue weighted by molar-refractivity contribution is 0.00431. The van der Waals surface area contributed by atoms with Gasteiger partial charge in [0, 0.05) is 24.2 Å². The van der Waals surface area contributed by atoms with Crippen molar-refractivity contribution >= 4 is 6.09 Å². The number of amides is 1. The van der Waals surface area contributed by atoms with Crippen LogP contribution in [0.15, 0.2) is 0 Å². The Hall–Kier alpha value is -0.770. The van der Waals surface area contributed by atoms with Crippen LogP contribution >= 0.6 is 0 Å². The summed E-state index contributed by atoms with van der Waals surface area (Å²) in [5.41, 5.74) is -0.393. The average Bonchev–Trinajstić information content (AvgIpc) is 2.94. The molecule has 0 aromatic carbocycles. The molecular formula is C17H30N2O2. The highest BCUT2D eigenvalue weighted by Crippen LogP contribution is 2.37. The molecule has 2 bridgehead atoms. The molecule has 4 nitrogen and oxygen atoms in total. The highest BCUT2D eigenvalue weighted by molar-refractivity contribution is 5.69. The molecule has 0 unspecified atom stereocenters. The number of nitrogens with zero attached hydrogens (tertiary/aromatic N) is 1. The normalized spacial score (nSPS) is 33.5. The first kappa shape index (κ1) is 15.1. The molecule has 2 heterocycles. The number of piperidine rings is 1. The Bertz CT molecular complexity index is 371. The number of hydrogen-bond donors (Lipinski definition) is 1. The van der Waals surface area contributed by atoms with Crippen LogP contribution in [-0.2, 0) is 4.74 Å². The molecule has 3 rings (SSSR count). The molecular weight excluding hydrogens is 264 g/mol. The summed E-state index contributed by atoms with van der Waals surface area (Å²) in [5, 5.41) is 3.85. The zero-order valence-electron chi connectivity index (χ0n) is 13.7. The molecule has 0 aromatic heterocycles. The Morgan fingerprint density at radius 1 is 1.00 bits per heavy atom. The van der Waals surface area contributed by atoms with Crippen molar-refractivity contribution in [3.05, 3.63) is 0 Å². The zero-order chi connectivity index (χ0) is 15.0. The summed E-state index contributed by atoms with van der Waals surface area (Å²) in [4.78, 5) is 14.4. The molecule has 21 heavy (non-hydrogen) atoms. The zero-order valence-corrected chi connectivity index (χ0v) is 13.7. The molecule has 1 aliphatic carbocycles. The van der Waals surface area contributed by atoms with Crippen molar-refractivity contribution in [1.29, 1.82) is 0 Å². The summed E-state index contributed by atoms with van der Waals surface area (Å²) in [6.07, 6.45) is 9.82. The monoisotopic (exact) mass is 294 g/mol. The maximum absolute atomic E-state index is 12.4. The second-order valence-corrected chi connectivity index (χ2v) is 8.09. The molecule has 2 atom stereocenters. The molecule has 0 radical (unpaired) electrons. The fraction of sp³-hybridized carbons (Fsp3) is 0.941. The Labute approximate surface area is 128 Å². The van der Waals surface area contributed by atoms with Crippen molar-refractivity contribution in [2.45, 2.75) is 102 Å².